The lowest BCUT2D eigenvalue weighted by atomic mass is 9.84. The van der Waals surface area contributed by atoms with Crippen LogP contribution in [0.25, 0.3) is 0 Å². The Bertz CT molecular complexity index is 155. The minimum absolute atomic E-state index is 0.350. The average molecular weight is 144 g/mol. The number of hydrogen-bond acceptors (Lipinski definition) is 3. The fourth-order valence-electron chi connectivity index (χ4n) is 0.974. The highest BCUT2D eigenvalue weighted by atomic mass is 16.6. The van der Waals surface area contributed by atoms with E-state index in [-0.39, 0.29) is 5.41 Å². The molecule has 0 radical (unpaired) electrons. The molecule has 0 bridgehead atoms. The molecule has 3 nitrogen and oxygen atoms in total. The molecule has 0 aliphatic carbocycles. The minimum Gasteiger partial charge on any atom is -0.463 e. The van der Waals surface area contributed by atoms with Gasteiger partial charge in [0.15, 0.2) is 6.10 Å². The number of aliphatic hydroxyl groups is 1. The van der Waals surface area contributed by atoms with Crippen LogP contribution in [0.3, 0.4) is 0 Å². The molecule has 0 saturated carbocycles. The van der Waals surface area contributed by atoms with Gasteiger partial charge in [-0.15, -0.1) is 0 Å². The van der Waals surface area contributed by atoms with Gasteiger partial charge in [0.2, 0.25) is 0 Å². The molecular weight excluding hydrogens is 132 g/mol. The fraction of sp³-hybridized carbons (Fsp3) is 0.857. The van der Waals surface area contributed by atoms with E-state index in [0.717, 1.165) is 6.42 Å². The summed E-state index contributed by atoms with van der Waals surface area (Å²) in [5, 5.41) is 9.24. The van der Waals surface area contributed by atoms with Crippen LogP contribution in [0.1, 0.15) is 20.3 Å². The van der Waals surface area contributed by atoms with E-state index in [2.05, 4.69) is 4.74 Å². The number of rotatable bonds is 1. The predicted molar refractivity (Wildman–Crippen MR) is 35.4 cm³/mol. The highest BCUT2D eigenvalue weighted by molar-refractivity contribution is 5.77. The van der Waals surface area contributed by atoms with Crippen LogP contribution in [-0.4, -0.2) is 23.8 Å². The average Bonchev–Trinajstić information content (AvgIpc) is 2.19. The second kappa shape index (κ2) is 2.23. The van der Waals surface area contributed by atoms with Crippen molar-refractivity contribution in [1.82, 2.24) is 0 Å². The number of carbonyl (C=O) groups excluding carboxylic acids is 1. The molecule has 1 aliphatic rings. The fourth-order valence-corrected chi connectivity index (χ4v) is 0.974. The largest absolute Gasteiger partial charge is 0.463 e. The highest BCUT2D eigenvalue weighted by Gasteiger charge is 2.44. The van der Waals surface area contributed by atoms with Crippen molar-refractivity contribution in [3.63, 3.8) is 0 Å². The molecule has 2 atom stereocenters. The van der Waals surface area contributed by atoms with Crippen LogP contribution in [0, 0.1) is 5.41 Å². The Morgan fingerprint density at radius 1 is 1.90 bits per heavy atom. The minimum atomic E-state index is -0.919. The Morgan fingerprint density at radius 3 is 2.70 bits per heavy atom. The SMILES string of the molecule is CC[C@]1(C)COC(=O)[C@@H]1O. The van der Waals surface area contributed by atoms with Crippen molar-refractivity contribution in [2.75, 3.05) is 6.61 Å². The molecule has 1 fully saturated rings. The maximum atomic E-state index is 10.7. The molecular formula is C7H12O3. The first-order valence-electron chi connectivity index (χ1n) is 3.45. The summed E-state index contributed by atoms with van der Waals surface area (Å²) >= 11 is 0. The van der Waals surface area contributed by atoms with Gasteiger partial charge >= 0.3 is 5.97 Å². The smallest absolute Gasteiger partial charge is 0.335 e. The molecule has 1 heterocycles. The first-order valence-corrected chi connectivity index (χ1v) is 3.45. The van der Waals surface area contributed by atoms with Gasteiger partial charge < -0.3 is 9.84 Å². The quantitative estimate of drug-likeness (QED) is 0.539. The molecule has 0 aromatic rings. The van der Waals surface area contributed by atoms with E-state index in [1.807, 2.05) is 13.8 Å². The van der Waals surface area contributed by atoms with Gasteiger partial charge in [0.05, 0.1) is 6.61 Å². The Balaban J connectivity index is 2.73. The van der Waals surface area contributed by atoms with Crippen molar-refractivity contribution in [3.8, 4) is 0 Å². The summed E-state index contributed by atoms with van der Waals surface area (Å²) in [5.41, 5.74) is -0.350. The third-order valence-corrected chi connectivity index (χ3v) is 2.24. The predicted octanol–water partition coefficient (Wildman–Crippen LogP) is 0.320. The number of ether oxygens (including phenoxy) is 1. The van der Waals surface area contributed by atoms with Gasteiger partial charge in [-0.1, -0.05) is 13.8 Å². The van der Waals surface area contributed by atoms with E-state index in [0.29, 0.717) is 6.61 Å². The van der Waals surface area contributed by atoms with Crippen molar-refractivity contribution in [2.45, 2.75) is 26.4 Å². The second-order valence-electron chi connectivity index (χ2n) is 3.02. The van der Waals surface area contributed by atoms with E-state index in [1.165, 1.54) is 0 Å². The number of cyclic esters (lactones) is 1. The van der Waals surface area contributed by atoms with Crippen LogP contribution >= 0.6 is 0 Å². The summed E-state index contributed by atoms with van der Waals surface area (Å²) in [6, 6.07) is 0. The molecule has 0 unspecified atom stereocenters. The van der Waals surface area contributed by atoms with Gasteiger partial charge in [-0.25, -0.2) is 4.79 Å². The lowest BCUT2D eigenvalue weighted by Crippen LogP contribution is -2.31. The molecule has 1 saturated heterocycles. The van der Waals surface area contributed by atoms with Crippen molar-refractivity contribution < 1.29 is 14.6 Å². The molecule has 0 spiro atoms. The van der Waals surface area contributed by atoms with Gasteiger partial charge in [-0.3, -0.25) is 0 Å². The molecule has 1 N–H and O–H groups in total. The Hall–Kier alpha value is -0.570. The van der Waals surface area contributed by atoms with Gasteiger partial charge in [-0.05, 0) is 6.42 Å². The molecule has 1 rings (SSSR count). The topological polar surface area (TPSA) is 46.5 Å². The van der Waals surface area contributed by atoms with E-state index in [4.69, 9.17) is 0 Å². The summed E-state index contributed by atoms with van der Waals surface area (Å²) < 4.78 is 4.68. The lowest BCUT2D eigenvalue weighted by Gasteiger charge is -2.20. The first kappa shape index (κ1) is 7.54. The molecule has 10 heavy (non-hydrogen) atoms. The molecule has 3 heteroatoms. The van der Waals surface area contributed by atoms with Crippen LogP contribution in [-0.2, 0) is 9.53 Å². The molecule has 58 valence electrons. The number of esters is 1. The molecule has 0 amide bonds. The zero-order valence-corrected chi connectivity index (χ0v) is 6.26. The van der Waals surface area contributed by atoms with Crippen molar-refractivity contribution in [2.24, 2.45) is 5.41 Å². The first-order chi connectivity index (χ1) is 4.60. The van der Waals surface area contributed by atoms with Gasteiger partial charge in [0.1, 0.15) is 0 Å². The zero-order chi connectivity index (χ0) is 7.78. The van der Waals surface area contributed by atoms with Gasteiger partial charge in [0.25, 0.3) is 0 Å². The number of hydrogen-bond donors (Lipinski definition) is 1. The zero-order valence-electron chi connectivity index (χ0n) is 6.26. The maximum Gasteiger partial charge on any atom is 0.335 e. The molecule has 0 aromatic carbocycles. The van der Waals surface area contributed by atoms with Crippen molar-refractivity contribution >= 4 is 5.97 Å². The normalized spacial score (nSPS) is 39.9. The molecule has 0 aromatic heterocycles. The van der Waals surface area contributed by atoms with Crippen LogP contribution in [0.5, 0.6) is 0 Å². The van der Waals surface area contributed by atoms with E-state index < -0.39 is 12.1 Å². The number of aliphatic hydroxyl groups excluding tert-OH is 1. The van der Waals surface area contributed by atoms with Crippen LogP contribution in [0.4, 0.5) is 0 Å². The Morgan fingerprint density at radius 2 is 2.50 bits per heavy atom. The second-order valence-corrected chi connectivity index (χ2v) is 3.02. The standard InChI is InChI=1S/C7H12O3/c1-3-7(2)4-10-6(9)5(7)8/h5,8H,3-4H2,1-2H3/t5-,7+/m0/s1. The Kier molecular flexibility index (Phi) is 1.68. The Labute approximate surface area is 60.0 Å². The summed E-state index contributed by atoms with van der Waals surface area (Å²) in [7, 11) is 0. The third kappa shape index (κ3) is 0.904. The van der Waals surface area contributed by atoms with Gasteiger partial charge in [-0.2, -0.15) is 0 Å². The monoisotopic (exact) mass is 144 g/mol. The summed E-state index contributed by atoms with van der Waals surface area (Å²) in [6.07, 6.45) is -0.155. The third-order valence-electron chi connectivity index (χ3n) is 2.24. The van der Waals surface area contributed by atoms with Crippen molar-refractivity contribution in [3.05, 3.63) is 0 Å². The van der Waals surface area contributed by atoms with E-state index in [9.17, 15) is 9.90 Å². The summed E-state index contributed by atoms with van der Waals surface area (Å²) in [6.45, 7) is 4.14. The van der Waals surface area contributed by atoms with Crippen LogP contribution in [0.15, 0.2) is 0 Å². The maximum absolute atomic E-state index is 10.7. The summed E-state index contributed by atoms with van der Waals surface area (Å²) in [4.78, 5) is 10.7. The summed E-state index contributed by atoms with van der Waals surface area (Å²) in [5.74, 6) is -0.482. The van der Waals surface area contributed by atoms with Gasteiger partial charge in [0, 0.05) is 5.41 Å². The lowest BCUT2D eigenvalue weighted by molar-refractivity contribution is -0.145. The molecule has 1 aliphatic heterocycles. The van der Waals surface area contributed by atoms with Crippen LogP contribution in [0.2, 0.25) is 0 Å². The van der Waals surface area contributed by atoms with Crippen LogP contribution < -0.4 is 0 Å². The highest BCUT2D eigenvalue weighted by Crippen LogP contribution is 2.32. The van der Waals surface area contributed by atoms with E-state index >= 15 is 0 Å². The number of carbonyl (C=O) groups is 1. The van der Waals surface area contributed by atoms with Crippen molar-refractivity contribution in [1.29, 1.82) is 0 Å². The van der Waals surface area contributed by atoms with E-state index in [1.54, 1.807) is 0 Å².